The SMILES string of the molecule is O=C1C2=NCCCCN2c2ccccc21. The topological polar surface area (TPSA) is 32.7 Å². The summed E-state index contributed by atoms with van der Waals surface area (Å²) in [6, 6.07) is 7.76. The minimum atomic E-state index is 0.0903. The third-order valence-corrected chi connectivity index (χ3v) is 2.95. The van der Waals surface area contributed by atoms with E-state index < -0.39 is 0 Å². The van der Waals surface area contributed by atoms with Crippen molar-refractivity contribution in [2.75, 3.05) is 18.0 Å². The number of carbonyl (C=O) groups excluding carboxylic acids is 1. The molecule has 0 N–H and O–H groups in total. The van der Waals surface area contributed by atoms with Gasteiger partial charge in [-0.05, 0) is 25.0 Å². The van der Waals surface area contributed by atoms with Crippen LogP contribution in [0.2, 0.25) is 0 Å². The van der Waals surface area contributed by atoms with E-state index >= 15 is 0 Å². The van der Waals surface area contributed by atoms with E-state index in [2.05, 4.69) is 9.89 Å². The van der Waals surface area contributed by atoms with Crippen molar-refractivity contribution < 1.29 is 4.79 Å². The molecule has 3 rings (SSSR count). The lowest BCUT2D eigenvalue weighted by Crippen LogP contribution is -2.29. The zero-order valence-corrected chi connectivity index (χ0v) is 8.44. The molecule has 0 amide bonds. The monoisotopic (exact) mass is 200 g/mol. The summed E-state index contributed by atoms with van der Waals surface area (Å²) in [5.41, 5.74) is 1.83. The Hall–Kier alpha value is -1.64. The summed E-state index contributed by atoms with van der Waals surface area (Å²) in [5.74, 6) is 0.737. The number of amidine groups is 1. The number of benzene rings is 1. The number of rotatable bonds is 0. The Bertz CT molecular complexity index is 451. The average Bonchev–Trinajstić information content (AvgIpc) is 2.48. The van der Waals surface area contributed by atoms with E-state index in [1.807, 2.05) is 24.3 Å². The summed E-state index contributed by atoms with van der Waals surface area (Å²) in [5, 5.41) is 0. The molecule has 0 unspecified atom stereocenters. The van der Waals surface area contributed by atoms with E-state index in [0.29, 0.717) is 5.84 Å². The molecular weight excluding hydrogens is 188 g/mol. The number of Topliss-reactive ketones (excluding diaryl/α,β-unsaturated/α-hetero) is 1. The molecule has 0 saturated carbocycles. The fourth-order valence-electron chi connectivity index (χ4n) is 2.21. The molecule has 3 heteroatoms. The Labute approximate surface area is 88.4 Å². The van der Waals surface area contributed by atoms with Gasteiger partial charge in [0.1, 0.15) is 0 Å². The highest BCUT2D eigenvalue weighted by atomic mass is 16.1. The van der Waals surface area contributed by atoms with Crippen LogP contribution in [0.25, 0.3) is 0 Å². The quantitative estimate of drug-likeness (QED) is 0.640. The van der Waals surface area contributed by atoms with Gasteiger partial charge in [-0.1, -0.05) is 12.1 Å². The maximum absolute atomic E-state index is 12.0. The van der Waals surface area contributed by atoms with Crippen molar-refractivity contribution in [2.24, 2.45) is 4.99 Å². The van der Waals surface area contributed by atoms with E-state index in [1.165, 1.54) is 0 Å². The maximum Gasteiger partial charge on any atom is 0.230 e. The highest BCUT2D eigenvalue weighted by Gasteiger charge is 2.33. The first-order chi connectivity index (χ1) is 7.38. The van der Waals surface area contributed by atoms with Crippen LogP contribution in [0.4, 0.5) is 5.69 Å². The van der Waals surface area contributed by atoms with Gasteiger partial charge >= 0.3 is 0 Å². The lowest BCUT2D eigenvalue weighted by Gasteiger charge is -2.16. The van der Waals surface area contributed by atoms with Gasteiger partial charge in [0.25, 0.3) is 0 Å². The predicted molar refractivity (Wildman–Crippen MR) is 59.7 cm³/mol. The Kier molecular flexibility index (Phi) is 1.84. The molecule has 0 aromatic heterocycles. The molecule has 2 heterocycles. The Balaban J connectivity index is 2.16. The normalized spacial score (nSPS) is 19.3. The van der Waals surface area contributed by atoms with E-state index in [1.54, 1.807) is 0 Å². The molecule has 0 bridgehead atoms. The maximum atomic E-state index is 12.0. The van der Waals surface area contributed by atoms with Crippen molar-refractivity contribution in [1.82, 2.24) is 0 Å². The molecule has 0 aliphatic carbocycles. The van der Waals surface area contributed by atoms with Crippen LogP contribution in [0, 0.1) is 0 Å². The molecule has 1 aromatic carbocycles. The van der Waals surface area contributed by atoms with Crippen LogP contribution < -0.4 is 4.90 Å². The third kappa shape index (κ3) is 1.19. The Morgan fingerprint density at radius 2 is 2.07 bits per heavy atom. The number of nitrogens with zero attached hydrogens (tertiary/aromatic N) is 2. The number of carbonyl (C=O) groups is 1. The highest BCUT2D eigenvalue weighted by Crippen LogP contribution is 2.30. The van der Waals surface area contributed by atoms with Gasteiger partial charge in [0.05, 0.1) is 5.69 Å². The van der Waals surface area contributed by atoms with Gasteiger partial charge in [-0.3, -0.25) is 9.79 Å². The largest absolute Gasteiger partial charge is 0.323 e. The molecule has 1 aromatic rings. The lowest BCUT2D eigenvalue weighted by molar-refractivity contribution is 0.106. The third-order valence-electron chi connectivity index (χ3n) is 2.95. The second-order valence-electron chi connectivity index (χ2n) is 3.91. The van der Waals surface area contributed by atoms with Crippen molar-refractivity contribution >= 4 is 17.3 Å². The molecule has 0 fully saturated rings. The van der Waals surface area contributed by atoms with Crippen LogP contribution in [0.5, 0.6) is 0 Å². The van der Waals surface area contributed by atoms with Crippen LogP contribution in [0.1, 0.15) is 23.2 Å². The number of fused-ring (bicyclic) bond motifs is 3. The molecule has 0 atom stereocenters. The minimum absolute atomic E-state index is 0.0903. The van der Waals surface area contributed by atoms with Crippen LogP contribution in [0.15, 0.2) is 29.3 Å². The summed E-state index contributed by atoms with van der Waals surface area (Å²) < 4.78 is 0. The van der Waals surface area contributed by atoms with Gasteiger partial charge in [-0.25, -0.2) is 0 Å². The predicted octanol–water partition coefficient (Wildman–Crippen LogP) is 1.88. The molecule has 76 valence electrons. The number of para-hydroxylation sites is 1. The van der Waals surface area contributed by atoms with Crippen molar-refractivity contribution in [3.05, 3.63) is 29.8 Å². The minimum Gasteiger partial charge on any atom is -0.323 e. The highest BCUT2D eigenvalue weighted by molar-refractivity contribution is 6.54. The van der Waals surface area contributed by atoms with Gasteiger partial charge in [-0.15, -0.1) is 0 Å². The zero-order valence-electron chi connectivity index (χ0n) is 8.44. The standard InChI is InChI=1S/C12H12N2O/c15-11-9-5-1-2-6-10(9)14-8-4-3-7-13-12(11)14/h1-2,5-6H,3-4,7-8H2. The van der Waals surface area contributed by atoms with Gasteiger partial charge in [0.15, 0.2) is 5.84 Å². The van der Waals surface area contributed by atoms with Gasteiger partial charge < -0.3 is 4.90 Å². The van der Waals surface area contributed by atoms with E-state index in [0.717, 1.165) is 37.2 Å². The Morgan fingerprint density at radius 1 is 1.20 bits per heavy atom. The molecule has 3 nitrogen and oxygen atoms in total. The number of ketones is 1. The molecule has 0 spiro atoms. The molecule has 0 radical (unpaired) electrons. The molecule has 0 saturated heterocycles. The first kappa shape index (κ1) is 8.65. The number of anilines is 1. The van der Waals surface area contributed by atoms with Crippen LogP contribution in [-0.4, -0.2) is 24.7 Å². The van der Waals surface area contributed by atoms with Crippen LogP contribution in [0.3, 0.4) is 0 Å². The number of hydrogen-bond acceptors (Lipinski definition) is 3. The lowest BCUT2D eigenvalue weighted by atomic mass is 10.1. The van der Waals surface area contributed by atoms with Crippen molar-refractivity contribution in [1.29, 1.82) is 0 Å². The molecule has 2 aliphatic heterocycles. The smallest absolute Gasteiger partial charge is 0.230 e. The van der Waals surface area contributed by atoms with Gasteiger partial charge in [0, 0.05) is 18.7 Å². The fraction of sp³-hybridized carbons (Fsp3) is 0.333. The van der Waals surface area contributed by atoms with E-state index in [-0.39, 0.29) is 5.78 Å². The second kappa shape index (κ2) is 3.19. The summed E-state index contributed by atoms with van der Waals surface area (Å²) in [6.45, 7) is 1.70. The molecule has 2 aliphatic rings. The van der Waals surface area contributed by atoms with Gasteiger partial charge in [0.2, 0.25) is 5.78 Å². The summed E-state index contributed by atoms with van der Waals surface area (Å²) >= 11 is 0. The first-order valence-corrected chi connectivity index (χ1v) is 5.33. The zero-order chi connectivity index (χ0) is 10.3. The number of aliphatic imine (C=N–C) groups is 1. The second-order valence-corrected chi connectivity index (χ2v) is 3.91. The van der Waals surface area contributed by atoms with Crippen LogP contribution >= 0.6 is 0 Å². The van der Waals surface area contributed by atoms with Crippen LogP contribution in [-0.2, 0) is 0 Å². The summed E-state index contributed by atoms with van der Waals surface area (Å²) in [6.07, 6.45) is 2.18. The average molecular weight is 200 g/mol. The first-order valence-electron chi connectivity index (χ1n) is 5.33. The van der Waals surface area contributed by atoms with Gasteiger partial charge in [-0.2, -0.15) is 0 Å². The van der Waals surface area contributed by atoms with E-state index in [4.69, 9.17) is 0 Å². The summed E-state index contributed by atoms with van der Waals surface area (Å²) in [7, 11) is 0. The molecular formula is C12H12N2O. The number of hydrogen-bond donors (Lipinski definition) is 0. The fourth-order valence-corrected chi connectivity index (χ4v) is 2.21. The van der Waals surface area contributed by atoms with Crippen molar-refractivity contribution in [2.45, 2.75) is 12.8 Å². The van der Waals surface area contributed by atoms with Crippen molar-refractivity contribution in [3.8, 4) is 0 Å². The van der Waals surface area contributed by atoms with E-state index in [9.17, 15) is 4.79 Å². The summed E-state index contributed by atoms with van der Waals surface area (Å²) in [4.78, 5) is 18.4. The Morgan fingerprint density at radius 3 is 3.00 bits per heavy atom. The molecule has 15 heavy (non-hydrogen) atoms. The van der Waals surface area contributed by atoms with Crippen molar-refractivity contribution in [3.63, 3.8) is 0 Å².